The summed E-state index contributed by atoms with van der Waals surface area (Å²) in [5.41, 5.74) is 3.54. The van der Waals surface area contributed by atoms with Crippen molar-refractivity contribution in [2.45, 2.75) is 83.4 Å². The van der Waals surface area contributed by atoms with E-state index in [2.05, 4.69) is 42.8 Å². The fourth-order valence-corrected chi connectivity index (χ4v) is 5.24. The SMILES string of the molecule is CCCO[C@H]1CC[C@@](C)(N2CCC(n3c(=O)[nH]c4ccc(C)cc43)CC2)CC1. The van der Waals surface area contributed by atoms with Crippen molar-refractivity contribution in [2.75, 3.05) is 19.7 Å². The zero-order valence-corrected chi connectivity index (χ0v) is 17.7. The van der Waals surface area contributed by atoms with Crippen LogP contribution in [0.15, 0.2) is 23.0 Å². The highest BCUT2D eigenvalue weighted by Gasteiger charge is 2.38. The van der Waals surface area contributed by atoms with E-state index in [4.69, 9.17) is 4.74 Å². The standard InChI is InChI=1S/C23H35N3O2/c1-4-15-28-19-7-11-23(3,12-8-19)25-13-9-18(10-14-25)26-21-16-17(2)5-6-20(21)24-22(26)27/h5-6,16,18-19H,4,7-15H2,1-3H3,(H,24,27)/t19-,23+. The van der Waals surface area contributed by atoms with E-state index in [-0.39, 0.29) is 5.69 Å². The maximum atomic E-state index is 12.6. The highest BCUT2D eigenvalue weighted by molar-refractivity contribution is 5.76. The molecule has 1 saturated carbocycles. The third-order valence-electron chi connectivity index (χ3n) is 7.03. The van der Waals surface area contributed by atoms with Crippen molar-refractivity contribution in [1.82, 2.24) is 14.5 Å². The summed E-state index contributed by atoms with van der Waals surface area (Å²) in [6.07, 6.45) is 8.46. The molecule has 2 heterocycles. The summed E-state index contributed by atoms with van der Waals surface area (Å²) < 4.78 is 7.99. The molecule has 0 bridgehead atoms. The molecule has 154 valence electrons. The number of aryl methyl sites for hydroxylation is 1. The van der Waals surface area contributed by atoms with E-state index in [0.29, 0.717) is 17.7 Å². The number of ether oxygens (including phenoxy) is 1. The molecule has 0 unspecified atom stereocenters. The molecule has 5 nitrogen and oxygen atoms in total. The third kappa shape index (κ3) is 3.79. The molecule has 1 aromatic carbocycles. The number of nitrogens with zero attached hydrogens (tertiary/aromatic N) is 2. The Morgan fingerprint density at radius 1 is 1.18 bits per heavy atom. The van der Waals surface area contributed by atoms with Gasteiger partial charge in [-0.15, -0.1) is 0 Å². The number of nitrogens with one attached hydrogen (secondary N) is 1. The van der Waals surface area contributed by atoms with Gasteiger partial charge in [-0.1, -0.05) is 13.0 Å². The van der Waals surface area contributed by atoms with E-state index < -0.39 is 0 Å². The summed E-state index contributed by atoms with van der Waals surface area (Å²) in [5.74, 6) is 0. The topological polar surface area (TPSA) is 50.3 Å². The average molecular weight is 386 g/mol. The van der Waals surface area contributed by atoms with Crippen LogP contribution in [-0.2, 0) is 4.74 Å². The van der Waals surface area contributed by atoms with Crippen LogP contribution in [0.2, 0.25) is 0 Å². The molecule has 0 radical (unpaired) electrons. The predicted molar refractivity (Wildman–Crippen MR) is 114 cm³/mol. The van der Waals surface area contributed by atoms with Crippen LogP contribution in [-0.4, -0.2) is 45.8 Å². The van der Waals surface area contributed by atoms with Gasteiger partial charge in [-0.3, -0.25) is 9.47 Å². The lowest BCUT2D eigenvalue weighted by atomic mass is 9.79. The van der Waals surface area contributed by atoms with Crippen molar-refractivity contribution in [1.29, 1.82) is 0 Å². The minimum atomic E-state index is 0.0406. The molecule has 2 aliphatic rings. The van der Waals surface area contributed by atoms with Gasteiger partial charge in [0, 0.05) is 31.3 Å². The first-order chi connectivity index (χ1) is 13.5. The van der Waals surface area contributed by atoms with E-state index in [1.165, 1.54) is 31.2 Å². The predicted octanol–water partition coefficient (Wildman–Crippen LogP) is 4.40. The van der Waals surface area contributed by atoms with Gasteiger partial charge in [0.2, 0.25) is 0 Å². The van der Waals surface area contributed by atoms with Crippen molar-refractivity contribution >= 4 is 11.0 Å². The number of hydrogen-bond donors (Lipinski definition) is 1. The van der Waals surface area contributed by atoms with Gasteiger partial charge in [-0.25, -0.2) is 4.79 Å². The first-order valence-electron chi connectivity index (χ1n) is 11.1. The monoisotopic (exact) mass is 385 g/mol. The second-order valence-corrected chi connectivity index (χ2v) is 9.11. The molecule has 0 atom stereocenters. The number of hydrogen-bond acceptors (Lipinski definition) is 3. The second-order valence-electron chi connectivity index (χ2n) is 9.11. The zero-order chi connectivity index (χ0) is 19.7. The summed E-state index contributed by atoms with van der Waals surface area (Å²) in [6, 6.07) is 6.52. The number of fused-ring (bicyclic) bond motifs is 1. The molecule has 1 aromatic heterocycles. The molecule has 1 saturated heterocycles. The number of benzene rings is 1. The summed E-state index contributed by atoms with van der Waals surface area (Å²) in [5, 5.41) is 0. The molecule has 5 heteroatoms. The summed E-state index contributed by atoms with van der Waals surface area (Å²) in [4.78, 5) is 18.3. The highest BCUT2D eigenvalue weighted by Crippen LogP contribution is 2.38. The minimum absolute atomic E-state index is 0.0406. The quantitative estimate of drug-likeness (QED) is 0.830. The van der Waals surface area contributed by atoms with Gasteiger partial charge in [0.05, 0.1) is 17.1 Å². The molecule has 1 N–H and O–H groups in total. The smallest absolute Gasteiger partial charge is 0.326 e. The molecular formula is C23H35N3O2. The first-order valence-corrected chi connectivity index (χ1v) is 11.1. The van der Waals surface area contributed by atoms with Crippen LogP contribution in [0.5, 0.6) is 0 Å². The van der Waals surface area contributed by atoms with Crippen LogP contribution in [0, 0.1) is 6.92 Å². The molecule has 4 rings (SSSR count). The Labute approximate surface area is 168 Å². The fourth-order valence-electron chi connectivity index (χ4n) is 5.24. The largest absolute Gasteiger partial charge is 0.378 e. The Kier molecular flexibility index (Phi) is 5.66. The van der Waals surface area contributed by atoms with Crippen LogP contribution < -0.4 is 5.69 Å². The number of likely N-dealkylation sites (tertiary alicyclic amines) is 1. The lowest BCUT2D eigenvalue weighted by Crippen LogP contribution is -2.53. The number of aromatic nitrogens is 2. The van der Waals surface area contributed by atoms with Crippen molar-refractivity contribution in [3.63, 3.8) is 0 Å². The van der Waals surface area contributed by atoms with Gasteiger partial charge < -0.3 is 9.72 Å². The van der Waals surface area contributed by atoms with Gasteiger partial charge in [0.25, 0.3) is 0 Å². The lowest BCUT2D eigenvalue weighted by molar-refractivity contribution is -0.0305. The van der Waals surface area contributed by atoms with Gasteiger partial charge in [-0.05, 0) is 76.5 Å². The molecule has 1 aliphatic carbocycles. The molecular weight excluding hydrogens is 350 g/mol. The van der Waals surface area contributed by atoms with Gasteiger partial charge >= 0.3 is 5.69 Å². The van der Waals surface area contributed by atoms with Crippen LogP contribution in [0.3, 0.4) is 0 Å². The van der Waals surface area contributed by atoms with E-state index in [9.17, 15) is 4.79 Å². The number of aromatic amines is 1. The first kappa shape index (κ1) is 19.7. The van der Waals surface area contributed by atoms with E-state index >= 15 is 0 Å². The van der Waals surface area contributed by atoms with Crippen molar-refractivity contribution in [2.24, 2.45) is 0 Å². The average Bonchev–Trinajstić information content (AvgIpc) is 3.02. The molecule has 1 aliphatic heterocycles. The van der Waals surface area contributed by atoms with E-state index in [1.54, 1.807) is 0 Å². The van der Waals surface area contributed by atoms with Gasteiger partial charge in [-0.2, -0.15) is 0 Å². The van der Waals surface area contributed by atoms with Crippen LogP contribution in [0.25, 0.3) is 11.0 Å². The Morgan fingerprint density at radius 2 is 1.89 bits per heavy atom. The van der Waals surface area contributed by atoms with Crippen LogP contribution in [0.4, 0.5) is 0 Å². The van der Waals surface area contributed by atoms with Crippen molar-refractivity contribution in [3.8, 4) is 0 Å². The van der Waals surface area contributed by atoms with E-state index in [1.807, 2.05) is 10.6 Å². The Hall–Kier alpha value is -1.59. The minimum Gasteiger partial charge on any atom is -0.378 e. The third-order valence-corrected chi connectivity index (χ3v) is 7.03. The number of H-pyrrole nitrogens is 1. The molecule has 2 fully saturated rings. The lowest BCUT2D eigenvalue weighted by Gasteiger charge is -2.48. The van der Waals surface area contributed by atoms with Crippen molar-refractivity contribution < 1.29 is 4.74 Å². The maximum absolute atomic E-state index is 12.6. The maximum Gasteiger partial charge on any atom is 0.326 e. The van der Waals surface area contributed by atoms with E-state index in [0.717, 1.165) is 50.0 Å². The number of piperidine rings is 1. The Balaban J connectivity index is 1.41. The molecule has 0 amide bonds. The number of rotatable bonds is 5. The fraction of sp³-hybridized carbons (Fsp3) is 0.696. The van der Waals surface area contributed by atoms with Crippen LogP contribution >= 0.6 is 0 Å². The highest BCUT2D eigenvalue weighted by atomic mass is 16.5. The molecule has 28 heavy (non-hydrogen) atoms. The molecule has 2 aromatic rings. The zero-order valence-electron chi connectivity index (χ0n) is 17.7. The summed E-state index contributed by atoms with van der Waals surface area (Å²) >= 11 is 0. The van der Waals surface area contributed by atoms with Crippen molar-refractivity contribution in [3.05, 3.63) is 34.2 Å². The number of imidazole rings is 1. The molecule has 0 spiro atoms. The summed E-state index contributed by atoms with van der Waals surface area (Å²) in [6.45, 7) is 9.75. The Morgan fingerprint density at radius 3 is 2.57 bits per heavy atom. The summed E-state index contributed by atoms with van der Waals surface area (Å²) in [7, 11) is 0. The second kappa shape index (κ2) is 8.03. The van der Waals surface area contributed by atoms with Crippen LogP contribution in [0.1, 0.15) is 70.4 Å². The van der Waals surface area contributed by atoms with Gasteiger partial charge in [0.15, 0.2) is 0 Å². The van der Waals surface area contributed by atoms with Gasteiger partial charge in [0.1, 0.15) is 0 Å². The normalized spacial score (nSPS) is 27.5. The Bertz CT molecular complexity index is 852.